The Kier molecular flexibility index (Phi) is 4.38. The molecule has 0 spiro atoms. The van der Waals surface area contributed by atoms with Crippen molar-refractivity contribution in [3.05, 3.63) is 65.5 Å². The maximum atomic E-state index is 12.9. The van der Waals surface area contributed by atoms with Gasteiger partial charge in [-0.1, -0.05) is 18.2 Å². The molecule has 8 heteroatoms. The molecule has 132 valence electrons. The summed E-state index contributed by atoms with van der Waals surface area (Å²) in [6.45, 7) is 0.145. The van der Waals surface area contributed by atoms with E-state index in [2.05, 4.69) is 0 Å². The van der Waals surface area contributed by atoms with E-state index in [-0.39, 0.29) is 24.2 Å². The van der Waals surface area contributed by atoms with Crippen molar-refractivity contribution >= 4 is 11.4 Å². The van der Waals surface area contributed by atoms with E-state index in [4.69, 9.17) is 5.26 Å². The molecule has 26 heavy (non-hydrogen) atoms. The monoisotopic (exact) mass is 360 g/mol. The lowest BCUT2D eigenvalue weighted by Gasteiger charge is -2.07. The standard InChI is InChI=1S/C18H12F3N3O2/c19-18(20,21)13-6-3-5-12(11-13)16(25)15-17(26)24(10-4-8-22)14-7-1-2-9-23(14)15/h1-3,5-7,9,11H,4,10H2/p+1. The zero-order valence-corrected chi connectivity index (χ0v) is 13.4. The van der Waals surface area contributed by atoms with Crippen LogP contribution in [0.1, 0.15) is 28.0 Å². The molecular formula is C18H13F3N3O2+. The first-order chi connectivity index (χ1) is 12.3. The first kappa shape index (κ1) is 17.5. The summed E-state index contributed by atoms with van der Waals surface area (Å²) < 4.78 is 41.5. The van der Waals surface area contributed by atoms with Gasteiger partial charge in [0.25, 0.3) is 11.3 Å². The van der Waals surface area contributed by atoms with Gasteiger partial charge in [-0.15, -0.1) is 0 Å². The predicted molar refractivity (Wildman–Crippen MR) is 84.4 cm³/mol. The maximum Gasteiger partial charge on any atom is 0.416 e. The fourth-order valence-electron chi connectivity index (χ4n) is 2.75. The highest BCUT2D eigenvalue weighted by Gasteiger charge is 2.34. The molecule has 0 aliphatic carbocycles. The summed E-state index contributed by atoms with van der Waals surface area (Å²) in [4.78, 5) is 12.8. The highest BCUT2D eigenvalue weighted by atomic mass is 19.4. The summed E-state index contributed by atoms with van der Waals surface area (Å²) in [5, 5.41) is 19.3. The number of aromatic nitrogens is 2. The van der Waals surface area contributed by atoms with Crippen LogP contribution in [0.5, 0.6) is 5.88 Å². The second kappa shape index (κ2) is 6.52. The Balaban J connectivity index is 2.15. The second-order valence-electron chi connectivity index (χ2n) is 5.57. The van der Waals surface area contributed by atoms with Crippen molar-refractivity contribution in [1.82, 2.24) is 4.40 Å². The highest BCUT2D eigenvalue weighted by Crippen LogP contribution is 2.30. The Morgan fingerprint density at radius 3 is 2.69 bits per heavy atom. The van der Waals surface area contributed by atoms with Crippen molar-refractivity contribution in [2.24, 2.45) is 0 Å². The number of carbonyl (C=O) groups is 1. The van der Waals surface area contributed by atoms with Gasteiger partial charge in [-0.3, -0.25) is 4.79 Å². The third-order valence-corrected chi connectivity index (χ3v) is 3.94. The molecule has 0 saturated carbocycles. The van der Waals surface area contributed by atoms with Gasteiger partial charge in [-0.2, -0.15) is 27.4 Å². The molecule has 5 nitrogen and oxygen atoms in total. The Morgan fingerprint density at radius 2 is 2.00 bits per heavy atom. The molecule has 0 amide bonds. The number of pyridine rings is 1. The smallest absolute Gasteiger partial charge is 0.416 e. The number of carbonyl (C=O) groups excluding carboxylic acids is 1. The Morgan fingerprint density at radius 1 is 1.23 bits per heavy atom. The minimum Gasteiger partial charge on any atom is -0.475 e. The number of hydrogen-bond donors (Lipinski definition) is 1. The molecule has 0 aliphatic rings. The lowest BCUT2D eigenvalue weighted by Crippen LogP contribution is -2.32. The fraction of sp³-hybridized carbons (Fsp3) is 0.167. The number of hydrogen-bond acceptors (Lipinski definition) is 3. The largest absolute Gasteiger partial charge is 0.475 e. The van der Waals surface area contributed by atoms with Crippen LogP contribution >= 0.6 is 0 Å². The van der Waals surface area contributed by atoms with Crippen LogP contribution in [-0.4, -0.2) is 15.3 Å². The summed E-state index contributed by atoms with van der Waals surface area (Å²) in [6, 6.07) is 10.9. The fourth-order valence-corrected chi connectivity index (χ4v) is 2.75. The molecule has 0 aliphatic heterocycles. The van der Waals surface area contributed by atoms with Gasteiger partial charge in [0.2, 0.25) is 5.78 Å². The minimum absolute atomic E-state index is 0.101. The molecule has 3 rings (SSSR count). The number of rotatable bonds is 4. The van der Waals surface area contributed by atoms with Crippen LogP contribution in [0.3, 0.4) is 0 Å². The van der Waals surface area contributed by atoms with Crippen LogP contribution in [0, 0.1) is 11.3 Å². The molecule has 1 aromatic carbocycles. The Hall–Kier alpha value is -3.34. The SMILES string of the molecule is N#CCC[n+]1c(O)c(C(=O)c2cccc(C(F)(F)F)c2)n2ccccc21. The van der Waals surface area contributed by atoms with Crippen LogP contribution < -0.4 is 4.57 Å². The predicted octanol–water partition coefficient (Wildman–Crippen LogP) is 3.10. The Labute approximate surface area is 146 Å². The number of imidazole rings is 1. The minimum atomic E-state index is -4.58. The number of nitrogens with zero attached hydrogens (tertiary/aromatic N) is 3. The molecule has 0 fully saturated rings. The quantitative estimate of drug-likeness (QED) is 0.574. The molecule has 3 aromatic rings. The first-order valence-electron chi connectivity index (χ1n) is 7.65. The molecule has 2 heterocycles. The third kappa shape index (κ3) is 2.99. The van der Waals surface area contributed by atoms with Crippen molar-refractivity contribution < 1.29 is 27.6 Å². The molecule has 0 atom stereocenters. The first-order valence-corrected chi connectivity index (χ1v) is 7.65. The van der Waals surface area contributed by atoms with Gasteiger partial charge in [0, 0.05) is 11.6 Å². The van der Waals surface area contributed by atoms with E-state index >= 15 is 0 Å². The molecule has 0 radical (unpaired) electrons. The van der Waals surface area contributed by atoms with E-state index in [1.165, 1.54) is 21.2 Å². The van der Waals surface area contributed by atoms with Crippen LogP contribution in [0.4, 0.5) is 13.2 Å². The maximum absolute atomic E-state index is 12.9. The summed E-state index contributed by atoms with van der Waals surface area (Å²) in [7, 11) is 0. The molecule has 0 unspecified atom stereocenters. The average molecular weight is 360 g/mol. The van der Waals surface area contributed by atoms with Crippen LogP contribution in [0.2, 0.25) is 0 Å². The highest BCUT2D eigenvalue weighted by molar-refractivity contribution is 6.09. The number of ketones is 1. The van der Waals surface area contributed by atoms with Crippen molar-refractivity contribution in [3.8, 4) is 11.9 Å². The van der Waals surface area contributed by atoms with Gasteiger partial charge < -0.3 is 5.11 Å². The van der Waals surface area contributed by atoms with Crippen molar-refractivity contribution in [2.45, 2.75) is 19.1 Å². The summed E-state index contributed by atoms with van der Waals surface area (Å²) in [5.74, 6) is -1.14. The number of halogens is 3. The summed E-state index contributed by atoms with van der Waals surface area (Å²) >= 11 is 0. The van der Waals surface area contributed by atoms with E-state index in [1.54, 1.807) is 18.2 Å². The van der Waals surface area contributed by atoms with Gasteiger partial charge in [-0.05, 0) is 18.2 Å². The second-order valence-corrected chi connectivity index (χ2v) is 5.57. The molecule has 1 N–H and O–H groups in total. The van der Waals surface area contributed by atoms with Crippen molar-refractivity contribution in [1.29, 1.82) is 5.26 Å². The molecule has 2 aromatic heterocycles. The van der Waals surface area contributed by atoms with E-state index < -0.39 is 23.4 Å². The number of alkyl halides is 3. The summed E-state index contributed by atoms with van der Waals surface area (Å²) in [5.41, 5.74) is -0.833. The van der Waals surface area contributed by atoms with Crippen LogP contribution in [0.15, 0.2) is 48.7 Å². The molecule has 0 bridgehead atoms. The van der Waals surface area contributed by atoms with Gasteiger partial charge in [-0.25, -0.2) is 0 Å². The number of benzene rings is 1. The van der Waals surface area contributed by atoms with Crippen molar-refractivity contribution in [3.63, 3.8) is 0 Å². The van der Waals surface area contributed by atoms with Gasteiger partial charge in [0.05, 0.1) is 24.3 Å². The normalized spacial score (nSPS) is 11.5. The van der Waals surface area contributed by atoms with Crippen molar-refractivity contribution in [2.75, 3.05) is 0 Å². The molecule has 0 saturated heterocycles. The topological polar surface area (TPSA) is 69.4 Å². The van der Waals surface area contributed by atoms with E-state index in [0.717, 1.165) is 18.2 Å². The van der Waals surface area contributed by atoms with E-state index in [9.17, 15) is 23.1 Å². The number of aryl methyl sites for hydroxylation is 1. The lowest BCUT2D eigenvalue weighted by atomic mass is 10.0. The van der Waals surface area contributed by atoms with Gasteiger partial charge >= 0.3 is 12.1 Å². The number of fused-ring (bicyclic) bond motifs is 1. The van der Waals surface area contributed by atoms with E-state index in [0.29, 0.717) is 5.65 Å². The van der Waals surface area contributed by atoms with E-state index in [1.807, 2.05) is 6.07 Å². The molecular weight excluding hydrogens is 347 g/mol. The lowest BCUT2D eigenvalue weighted by molar-refractivity contribution is -0.675. The van der Waals surface area contributed by atoms with Gasteiger partial charge in [0.1, 0.15) is 6.54 Å². The average Bonchev–Trinajstić information content (AvgIpc) is 2.90. The number of aromatic hydroxyl groups is 1. The third-order valence-electron chi connectivity index (χ3n) is 3.94. The zero-order chi connectivity index (χ0) is 18.9. The van der Waals surface area contributed by atoms with Crippen LogP contribution in [-0.2, 0) is 12.7 Å². The van der Waals surface area contributed by atoms with Crippen LogP contribution in [0.25, 0.3) is 5.65 Å². The zero-order valence-electron chi connectivity index (χ0n) is 13.4. The number of nitriles is 1. The summed E-state index contributed by atoms with van der Waals surface area (Å²) in [6.07, 6.45) is -2.95. The van der Waals surface area contributed by atoms with Gasteiger partial charge in [0.15, 0.2) is 0 Å². The Bertz CT molecular complexity index is 1030.